The van der Waals surface area contributed by atoms with Crippen LogP contribution in [0.25, 0.3) is 0 Å². The average Bonchev–Trinajstić information content (AvgIpc) is 2.42. The summed E-state index contributed by atoms with van der Waals surface area (Å²) < 4.78 is 0. The van der Waals surface area contributed by atoms with Crippen LogP contribution in [0.1, 0.15) is 15.9 Å². The number of phenolic OH excluding ortho intramolecular Hbond substituents is 1. The predicted molar refractivity (Wildman–Crippen MR) is 72.8 cm³/mol. The molecule has 0 aliphatic heterocycles. The van der Waals surface area contributed by atoms with E-state index < -0.39 is 5.91 Å². The van der Waals surface area contributed by atoms with Crippen molar-refractivity contribution in [2.24, 2.45) is 0 Å². The molecule has 0 saturated heterocycles. The van der Waals surface area contributed by atoms with Gasteiger partial charge in [-0.05, 0) is 29.8 Å². The molecule has 0 unspecified atom stereocenters. The first-order valence-electron chi connectivity index (χ1n) is 5.70. The van der Waals surface area contributed by atoms with Crippen LogP contribution in [-0.4, -0.2) is 16.1 Å². The first kappa shape index (κ1) is 12.9. The summed E-state index contributed by atoms with van der Waals surface area (Å²) in [5.41, 5.74) is 7.13. The smallest absolute Gasteiger partial charge is 0.259 e. The Morgan fingerprint density at radius 2 is 1.84 bits per heavy atom. The highest BCUT2D eigenvalue weighted by molar-refractivity contribution is 6.07. The minimum atomic E-state index is -0.443. The molecule has 0 aromatic heterocycles. The van der Waals surface area contributed by atoms with Crippen LogP contribution in [0.15, 0.2) is 42.5 Å². The number of carbonyl (C=O) groups excluding carboxylic acids is 1. The van der Waals surface area contributed by atoms with Crippen LogP contribution in [0.5, 0.6) is 5.75 Å². The molecular formula is C14H14N2O3. The average molecular weight is 258 g/mol. The van der Waals surface area contributed by atoms with Gasteiger partial charge in [-0.3, -0.25) is 4.79 Å². The third-order valence-corrected chi connectivity index (χ3v) is 2.71. The largest absolute Gasteiger partial charge is 0.505 e. The number of nitrogens with one attached hydrogen (secondary N) is 1. The maximum Gasteiger partial charge on any atom is 0.259 e. The Hall–Kier alpha value is -2.53. The predicted octanol–water partition coefficient (Wildman–Crippen LogP) is 1.72. The van der Waals surface area contributed by atoms with Crippen LogP contribution in [-0.2, 0) is 6.61 Å². The van der Waals surface area contributed by atoms with Crippen molar-refractivity contribution < 1.29 is 15.0 Å². The molecule has 0 spiro atoms. The fourth-order valence-corrected chi connectivity index (χ4v) is 1.64. The summed E-state index contributed by atoms with van der Waals surface area (Å²) in [5.74, 6) is -0.673. The van der Waals surface area contributed by atoms with Crippen molar-refractivity contribution in [1.29, 1.82) is 0 Å². The number of aromatic hydroxyl groups is 1. The quantitative estimate of drug-likeness (QED) is 0.498. The van der Waals surface area contributed by atoms with Gasteiger partial charge in [0.05, 0.1) is 17.9 Å². The Morgan fingerprint density at radius 3 is 2.47 bits per heavy atom. The number of hydrogen-bond donors (Lipinski definition) is 4. The summed E-state index contributed by atoms with van der Waals surface area (Å²) in [5, 5.41) is 21.3. The number of benzene rings is 2. The van der Waals surface area contributed by atoms with Gasteiger partial charge < -0.3 is 21.3 Å². The molecule has 0 aliphatic carbocycles. The van der Waals surface area contributed by atoms with Crippen molar-refractivity contribution in [3.63, 3.8) is 0 Å². The summed E-state index contributed by atoms with van der Waals surface area (Å²) in [4.78, 5) is 12.0. The minimum absolute atomic E-state index is 0.0514. The maximum atomic E-state index is 12.0. The van der Waals surface area contributed by atoms with Gasteiger partial charge in [0.25, 0.3) is 5.91 Å². The number of para-hydroxylation sites is 1. The summed E-state index contributed by atoms with van der Waals surface area (Å²) in [7, 11) is 0. The molecule has 0 aliphatic rings. The molecule has 0 heterocycles. The zero-order valence-electron chi connectivity index (χ0n) is 10.1. The highest BCUT2D eigenvalue weighted by Gasteiger charge is 2.12. The standard InChI is InChI=1S/C14H14N2O3/c15-12-3-1-2-11(13(12)18)14(19)16-10-6-4-9(8-17)5-7-10/h1-7,17-18H,8,15H2,(H,16,19). The number of aliphatic hydroxyl groups is 1. The highest BCUT2D eigenvalue weighted by Crippen LogP contribution is 2.25. The summed E-state index contributed by atoms with van der Waals surface area (Å²) in [6, 6.07) is 11.4. The van der Waals surface area contributed by atoms with Gasteiger partial charge in [0.1, 0.15) is 0 Å². The number of amides is 1. The van der Waals surface area contributed by atoms with Gasteiger partial charge in [0.2, 0.25) is 0 Å². The number of nitrogens with two attached hydrogens (primary N) is 1. The van der Waals surface area contributed by atoms with Gasteiger partial charge in [-0.2, -0.15) is 0 Å². The van der Waals surface area contributed by atoms with Crippen molar-refractivity contribution >= 4 is 17.3 Å². The molecule has 2 rings (SSSR count). The summed E-state index contributed by atoms with van der Waals surface area (Å²) >= 11 is 0. The second-order valence-electron chi connectivity index (χ2n) is 4.05. The summed E-state index contributed by atoms with van der Waals surface area (Å²) in [6.45, 7) is -0.0514. The molecule has 0 atom stereocenters. The lowest BCUT2D eigenvalue weighted by molar-refractivity contribution is 0.102. The van der Waals surface area contributed by atoms with Crippen molar-refractivity contribution in [3.05, 3.63) is 53.6 Å². The van der Waals surface area contributed by atoms with Crippen LogP contribution < -0.4 is 11.1 Å². The van der Waals surface area contributed by atoms with Crippen LogP contribution in [0, 0.1) is 0 Å². The van der Waals surface area contributed by atoms with Crippen molar-refractivity contribution in [2.45, 2.75) is 6.61 Å². The topological polar surface area (TPSA) is 95.6 Å². The molecule has 5 nitrogen and oxygen atoms in total. The van der Waals surface area contributed by atoms with E-state index in [2.05, 4.69) is 5.32 Å². The van der Waals surface area contributed by atoms with E-state index in [0.717, 1.165) is 5.56 Å². The third-order valence-electron chi connectivity index (χ3n) is 2.71. The van der Waals surface area contributed by atoms with E-state index in [0.29, 0.717) is 5.69 Å². The Balaban J connectivity index is 2.18. The minimum Gasteiger partial charge on any atom is -0.505 e. The molecule has 0 radical (unpaired) electrons. The molecular weight excluding hydrogens is 244 g/mol. The van der Waals surface area contributed by atoms with Crippen LogP contribution in [0.2, 0.25) is 0 Å². The van der Waals surface area contributed by atoms with Gasteiger partial charge in [-0.25, -0.2) is 0 Å². The number of anilines is 2. The van der Waals surface area contributed by atoms with Crippen molar-refractivity contribution in [3.8, 4) is 5.75 Å². The normalized spacial score (nSPS) is 10.2. The lowest BCUT2D eigenvalue weighted by Gasteiger charge is -2.08. The fourth-order valence-electron chi connectivity index (χ4n) is 1.64. The molecule has 19 heavy (non-hydrogen) atoms. The Bertz CT molecular complexity index is 594. The Labute approximate surface area is 110 Å². The third kappa shape index (κ3) is 2.83. The van der Waals surface area contributed by atoms with E-state index >= 15 is 0 Å². The molecule has 98 valence electrons. The summed E-state index contributed by atoms with van der Waals surface area (Å²) in [6.07, 6.45) is 0. The molecule has 5 N–H and O–H groups in total. The molecule has 0 fully saturated rings. The van der Waals surface area contributed by atoms with Crippen molar-refractivity contribution in [1.82, 2.24) is 0 Å². The lowest BCUT2D eigenvalue weighted by Crippen LogP contribution is -2.12. The fraction of sp³-hybridized carbons (Fsp3) is 0.0714. The van der Waals surface area contributed by atoms with Gasteiger partial charge in [-0.15, -0.1) is 0 Å². The Morgan fingerprint density at radius 1 is 1.16 bits per heavy atom. The second-order valence-corrected chi connectivity index (χ2v) is 4.05. The SMILES string of the molecule is Nc1cccc(C(=O)Nc2ccc(CO)cc2)c1O. The first-order chi connectivity index (χ1) is 9.11. The van der Waals surface area contributed by atoms with E-state index in [1.165, 1.54) is 12.1 Å². The van der Waals surface area contributed by atoms with Gasteiger partial charge >= 0.3 is 0 Å². The first-order valence-corrected chi connectivity index (χ1v) is 5.70. The lowest BCUT2D eigenvalue weighted by atomic mass is 10.1. The van der Waals surface area contributed by atoms with Gasteiger partial charge in [0.15, 0.2) is 5.75 Å². The maximum absolute atomic E-state index is 12.0. The monoisotopic (exact) mass is 258 g/mol. The van der Waals surface area contributed by atoms with E-state index in [4.69, 9.17) is 10.8 Å². The van der Waals surface area contributed by atoms with Crippen LogP contribution in [0.4, 0.5) is 11.4 Å². The highest BCUT2D eigenvalue weighted by atomic mass is 16.3. The number of rotatable bonds is 3. The number of nitrogen functional groups attached to an aromatic ring is 1. The number of carbonyl (C=O) groups is 1. The molecule has 2 aromatic carbocycles. The van der Waals surface area contributed by atoms with Gasteiger partial charge in [0, 0.05) is 5.69 Å². The number of hydrogen-bond acceptors (Lipinski definition) is 4. The molecule has 1 amide bonds. The Kier molecular flexibility index (Phi) is 3.68. The van der Waals surface area contributed by atoms with Crippen molar-refractivity contribution in [2.75, 3.05) is 11.1 Å². The zero-order chi connectivity index (χ0) is 13.8. The van der Waals surface area contributed by atoms with Crippen LogP contribution in [0.3, 0.4) is 0 Å². The number of phenols is 1. The van der Waals surface area contributed by atoms with E-state index in [9.17, 15) is 9.90 Å². The van der Waals surface area contributed by atoms with E-state index in [1.54, 1.807) is 30.3 Å². The van der Waals surface area contributed by atoms with Crippen LogP contribution >= 0.6 is 0 Å². The number of aliphatic hydroxyl groups excluding tert-OH is 1. The molecule has 2 aromatic rings. The van der Waals surface area contributed by atoms with E-state index in [-0.39, 0.29) is 23.6 Å². The second kappa shape index (κ2) is 5.41. The molecule has 0 saturated carbocycles. The zero-order valence-corrected chi connectivity index (χ0v) is 10.1. The van der Waals surface area contributed by atoms with E-state index in [1.807, 2.05) is 0 Å². The molecule has 0 bridgehead atoms. The molecule has 5 heteroatoms. The van der Waals surface area contributed by atoms with Gasteiger partial charge in [-0.1, -0.05) is 18.2 Å².